The van der Waals surface area contributed by atoms with Crippen LogP contribution in [0.25, 0.3) is 0 Å². The van der Waals surface area contributed by atoms with Gasteiger partial charge in [-0.2, -0.15) is 8.78 Å². The summed E-state index contributed by atoms with van der Waals surface area (Å²) in [4.78, 5) is 18.5. The number of nitrogens with one attached hydrogen (secondary N) is 2. The van der Waals surface area contributed by atoms with Crippen LogP contribution in [-0.4, -0.2) is 30.7 Å². The smallest absolute Gasteiger partial charge is 0.387 e. The van der Waals surface area contributed by atoms with Crippen LogP contribution in [0.4, 0.5) is 29.5 Å². The number of benzene rings is 1. The average Bonchev–Trinajstić information content (AvgIpc) is 3.17. The lowest BCUT2D eigenvalue weighted by Crippen LogP contribution is -2.28. The van der Waals surface area contributed by atoms with Crippen molar-refractivity contribution in [2.45, 2.75) is 26.0 Å². The molecule has 1 aliphatic heterocycles. The molecule has 9 heteroatoms. The lowest BCUT2D eigenvalue weighted by Gasteiger charge is -2.16. The Morgan fingerprint density at radius 2 is 2.00 bits per heavy atom. The Morgan fingerprint density at radius 1 is 1.22 bits per heavy atom. The summed E-state index contributed by atoms with van der Waals surface area (Å²) in [6, 6.07) is 6.45. The zero-order chi connectivity index (χ0) is 19.2. The number of carbonyl (C=O) groups is 1. The highest BCUT2D eigenvalue weighted by molar-refractivity contribution is 5.89. The standard InChI is InChI=1S/C18H19F3N4O2/c19-14-9-13(4-5-15(14)27-17(20)21)24-18(26)23-11-12-3-6-16(22-10-12)25-7-1-2-8-25/h3-6,9-10,17H,1-2,7-8,11H2,(H2,23,24,26). The topological polar surface area (TPSA) is 66.5 Å². The first-order valence-electron chi connectivity index (χ1n) is 8.50. The molecule has 2 heterocycles. The molecule has 0 aliphatic carbocycles. The molecule has 0 unspecified atom stereocenters. The first kappa shape index (κ1) is 18.8. The van der Waals surface area contributed by atoms with Gasteiger partial charge in [0.1, 0.15) is 5.82 Å². The van der Waals surface area contributed by atoms with E-state index in [4.69, 9.17) is 0 Å². The van der Waals surface area contributed by atoms with Gasteiger partial charge in [0.15, 0.2) is 11.6 Å². The molecule has 144 valence electrons. The molecule has 1 aromatic carbocycles. The van der Waals surface area contributed by atoms with Gasteiger partial charge in [-0.05, 0) is 36.6 Å². The third-order valence-electron chi connectivity index (χ3n) is 4.10. The fraction of sp³-hybridized carbons (Fsp3) is 0.333. The Hall–Kier alpha value is -2.97. The number of anilines is 2. The summed E-state index contributed by atoms with van der Waals surface area (Å²) < 4.78 is 41.9. The van der Waals surface area contributed by atoms with Crippen molar-refractivity contribution in [2.75, 3.05) is 23.3 Å². The van der Waals surface area contributed by atoms with Crippen molar-refractivity contribution in [3.8, 4) is 5.75 Å². The number of carbonyl (C=O) groups excluding carboxylic acids is 1. The largest absolute Gasteiger partial charge is 0.432 e. The molecule has 1 aliphatic rings. The van der Waals surface area contributed by atoms with Crippen molar-refractivity contribution >= 4 is 17.5 Å². The predicted octanol–water partition coefficient (Wildman–Crippen LogP) is 3.74. The van der Waals surface area contributed by atoms with Gasteiger partial charge < -0.3 is 20.3 Å². The van der Waals surface area contributed by atoms with Crippen molar-refractivity contribution in [3.63, 3.8) is 0 Å². The van der Waals surface area contributed by atoms with Gasteiger partial charge in [0.05, 0.1) is 0 Å². The summed E-state index contributed by atoms with van der Waals surface area (Å²) in [7, 11) is 0. The van der Waals surface area contributed by atoms with Crippen LogP contribution in [0.3, 0.4) is 0 Å². The number of rotatable bonds is 6. The Balaban J connectivity index is 1.50. The third-order valence-corrected chi connectivity index (χ3v) is 4.10. The van der Waals surface area contributed by atoms with Crippen LogP contribution in [-0.2, 0) is 6.54 Å². The molecule has 1 aromatic heterocycles. The number of hydrogen-bond acceptors (Lipinski definition) is 4. The number of nitrogens with zero attached hydrogens (tertiary/aromatic N) is 2. The maximum absolute atomic E-state index is 13.6. The maximum atomic E-state index is 13.6. The number of urea groups is 1. The summed E-state index contributed by atoms with van der Waals surface area (Å²) in [5.74, 6) is -0.655. The zero-order valence-electron chi connectivity index (χ0n) is 14.4. The molecule has 6 nitrogen and oxygen atoms in total. The minimum Gasteiger partial charge on any atom is -0.432 e. The van der Waals surface area contributed by atoms with Gasteiger partial charge in [0, 0.05) is 37.6 Å². The zero-order valence-corrected chi connectivity index (χ0v) is 14.4. The Kier molecular flexibility index (Phi) is 6.00. The van der Waals surface area contributed by atoms with Crippen LogP contribution in [0.2, 0.25) is 0 Å². The normalized spacial score (nSPS) is 13.7. The summed E-state index contributed by atoms with van der Waals surface area (Å²) in [6.45, 7) is -0.865. The van der Waals surface area contributed by atoms with Gasteiger partial charge in [0.2, 0.25) is 0 Å². The van der Waals surface area contributed by atoms with E-state index < -0.39 is 24.2 Å². The van der Waals surface area contributed by atoms with Crippen LogP contribution < -0.4 is 20.3 Å². The van der Waals surface area contributed by atoms with E-state index in [1.807, 2.05) is 12.1 Å². The Bertz CT molecular complexity index is 781. The minimum absolute atomic E-state index is 0.120. The van der Waals surface area contributed by atoms with Crippen LogP contribution in [0.1, 0.15) is 18.4 Å². The van der Waals surface area contributed by atoms with Crippen molar-refractivity contribution in [2.24, 2.45) is 0 Å². The van der Waals surface area contributed by atoms with Gasteiger partial charge >= 0.3 is 12.6 Å². The number of alkyl halides is 2. The quantitative estimate of drug-likeness (QED) is 0.801. The third kappa shape index (κ3) is 5.25. The summed E-state index contributed by atoms with van der Waals surface area (Å²) in [5.41, 5.74) is 0.939. The monoisotopic (exact) mass is 380 g/mol. The van der Waals surface area contributed by atoms with E-state index in [0.717, 1.165) is 36.6 Å². The second-order valence-corrected chi connectivity index (χ2v) is 6.05. The molecule has 2 amide bonds. The fourth-order valence-electron chi connectivity index (χ4n) is 2.78. The highest BCUT2D eigenvalue weighted by atomic mass is 19.3. The van der Waals surface area contributed by atoms with E-state index in [-0.39, 0.29) is 12.2 Å². The summed E-state index contributed by atoms with van der Waals surface area (Å²) in [6.07, 6.45) is 4.03. The summed E-state index contributed by atoms with van der Waals surface area (Å²) in [5, 5.41) is 5.05. The molecule has 0 radical (unpaired) electrons. The molecule has 27 heavy (non-hydrogen) atoms. The molecule has 2 aromatic rings. The van der Waals surface area contributed by atoms with Crippen molar-refractivity contribution in [3.05, 3.63) is 47.9 Å². The van der Waals surface area contributed by atoms with Crippen LogP contribution in [0, 0.1) is 5.82 Å². The maximum Gasteiger partial charge on any atom is 0.387 e. The average molecular weight is 380 g/mol. The second-order valence-electron chi connectivity index (χ2n) is 6.05. The van der Waals surface area contributed by atoms with E-state index in [1.165, 1.54) is 18.9 Å². The first-order valence-corrected chi connectivity index (χ1v) is 8.50. The van der Waals surface area contributed by atoms with E-state index in [9.17, 15) is 18.0 Å². The lowest BCUT2D eigenvalue weighted by molar-refractivity contribution is -0.0521. The number of hydrogen-bond donors (Lipinski definition) is 2. The Labute approximate surface area is 154 Å². The number of pyridine rings is 1. The van der Waals surface area contributed by atoms with E-state index in [1.54, 1.807) is 6.20 Å². The second kappa shape index (κ2) is 8.61. The number of ether oxygens (including phenoxy) is 1. The van der Waals surface area contributed by atoms with Crippen molar-refractivity contribution in [1.82, 2.24) is 10.3 Å². The molecule has 0 saturated carbocycles. The van der Waals surface area contributed by atoms with E-state index in [2.05, 4.69) is 25.3 Å². The molecule has 0 spiro atoms. The van der Waals surface area contributed by atoms with E-state index >= 15 is 0 Å². The molecule has 1 fully saturated rings. The summed E-state index contributed by atoms with van der Waals surface area (Å²) >= 11 is 0. The predicted molar refractivity (Wildman–Crippen MR) is 94.6 cm³/mol. The SMILES string of the molecule is O=C(NCc1ccc(N2CCCC2)nc1)Nc1ccc(OC(F)F)c(F)c1. The van der Waals surface area contributed by atoms with E-state index in [0.29, 0.717) is 0 Å². The van der Waals surface area contributed by atoms with Crippen molar-refractivity contribution < 1.29 is 22.7 Å². The molecular formula is C18H19F3N4O2. The molecule has 3 rings (SSSR count). The van der Waals surface area contributed by atoms with Crippen LogP contribution in [0.5, 0.6) is 5.75 Å². The highest BCUT2D eigenvalue weighted by Crippen LogP contribution is 2.23. The molecule has 0 bridgehead atoms. The van der Waals surface area contributed by atoms with Crippen molar-refractivity contribution in [1.29, 1.82) is 0 Å². The number of amides is 2. The highest BCUT2D eigenvalue weighted by Gasteiger charge is 2.13. The first-order chi connectivity index (χ1) is 13.0. The fourth-order valence-corrected chi connectivity index (χ4v) is 2.78. The van der Waals surface area contributed by atoms with Gasteiger partial charge in [-0.3, -0.25) is 0 Å². The van der Waals surface area contributed by atoms with Gasteiger partial charge in [-0.25, -0.2) is 14.2 Å². The van der Waals surface area contributed by atoms with Crippen LogP contribution in [0.15, 0.2) is 36.5 Å². The van der Waals surface area contributed by atoms with Gasteiger partial charge in [-0.1, -0.05) is 6.07 Å². The van der Waals surface area contributed by atoms with Gasteiger partial charge in [-0.15, -0.1) is 0 Å². The molecule has 1 saturated heterocycles. The van der Waals surface area contributed by atoms with Gasteiger partial charge in [0.25, 0.3) is 0 Å². The number of aromatic nitrogens is 1. The molecular weight excluding hydrogens is 361 g/mol. The lowest BCUT2D eigenvalue weighted by atomic mass is 10.2. The number of halogens is 3. The Morgan fingerprint density at radius 3 is 2.63 bits per heavy atom. The molecule has 0 atom stereocenters. The minimum atomic E-state index is -3.12. The molecule has 2 N–H and O–H groups in total. The van der Waals surface area contributed by atoms with Crippen LogP contribution >= 0.6 is 0 Å².